The number of rotatable bonds is 2. The summed E-state index contributed by atoms with van der Waals surface area (Å²) >= 11 is 0. The molecule has 0 saturated carbocycles. The number of nitrogens with zero attached hydrogens (tertiary/aromatic N) is 2. The average Bonchev–Trinajstić information content (AvgIpc) is 2.38. The van der Waals surface area contributed by atoms with Crippen LogP contribution in [0.5, 0.6) is 0 Å². The molecule has 6 nitrogen and oxygen atoms in total. The maximum absolute atomic E-state index is 12.2. The minimum absolute atomic E-state index is 0.0366. The van der Waals surface area contributed by atoms with E-state index in [1.165, 1.54) is 12.1 Å². The summed E-state index contributed by atoms with van der Waals surface area (Å²) in [5.74, 6) is -0.308. The van der Waals surface area contributed by atoms with Gasteiger partial charge in [-0.05, 0) is 13.0 Å². The molecule has 6 heteroatoms. The van der Waals surface area contributed by atoms with Crippen LogP contribution in [0.2, 0.25) is 0 Å². The molecular formula is C12H14N2O4. The Morgan fingerprint density at radius 3 is 2.89 bits per heavy atom. The first-order valence-corrected chi connectivity index (χ1v) is 5.74. The molecule has 18 heavy (non-hydrogen) atoms. The number of ether oxygens (including phenoxy) is 1. The van der Waals surface area contributed by atoms with Gasteiger partial charge in [-0.2, -0.15) is 0 Å². The average molecular weight is 250 g/mol. The number of amides is 1. The van der Waals surface area contributed by atoms with Crippen molar-refractivity contribution in [1.82, 2.24) is 4.90 Å². The van der Waals surface area contributed by atoms with E-state index in [4.69, 9.17) is 4.74 Å². The van der Waals surface area contributed by atoms with E-state index in [1.807, 2.05) is 6.92 Å². The summed E-state index contributed by atoms with van der Waals surface area (Å²) in [6.45, 7) is 3.27. The second-order valence-electron chi connectivity index (χ2n) is 4.21. The summed E-state index contributed by atoms with van der Waals surface area (Å²) in [4.78, 5) is 24.2. The van der Waals surface area contributed by atoms with E-state index >= 15 is 0 Å². The van der Waals surface area contributed by atoms with Crippen molar-refractivity contribution in [2.45, 2.75) is 13.0 Å². The van der Waals surface area contributed by atoms with Crippen LogP contribution in [0.3, 0.4) is 0 Å². The number of para-hydroxylation sites is 1. The Hall–Kier alpha value is -1.95. The molecule has 1 fully saturated rings. The normalized spacial score (nSPS) is 19.6. The van der Waals surface area contributed by atoms with Crippen molar-refractivity contribution >= 4 is 11.6 Å². The Morgan fingerprint density at radius 1 is 1.50 bits per heavy atom. The zero-order valence-electron chi connectivity index (χ0n) is 10.0. The van der Waals surface area contributed by atoms with Crippen molar-refractivity contribution in [3.63, 3.8) is 0 Å². The number of nitro benzene ring substituents is 1. The highest BCUT2D eigenvalue weighted by atomic mass is 16.6. The quantitative estimate of drug-likeness (QED) is 0.588. The maximum atomic E-state index is 12.2. The van der Waals surface area contributed by atoms with Crippen molar-refractivity contribution in [2.75, 3.05) is 19.7 Å². The van der Waals surface area contributed by atoms with E-state index < -0.39 is 4.92 Å². The van der Waals surface area contributed by atoms with E-state index in [2.05, 4.69) is 0 Å². The van der Waals surface area contributed by atoms with Crippen molar-refractivity contribution < 1.29 is 14.5 Å². The van der Waals surface area contributed by atoms with Gasteiger partial charge in [0.2, 0.25) is 0 Å². The van der Waals surface area contributed by atoms with E-state index in [9.17, 15) is 14.9 Å². The predicted molar refractivity (Wildman–Crippen MR) is 64.4 cm³/mol. The van der Waals surface area contributed by atoms with Gasteiger partial charge in [-0.25, -0.2) is 0 Å². The Kier molecular flexibility index (Phi) is 3.57. The largest absolute Gasteiger partial charge is 0.375 e. The van der Waals surface area contributed by atoms with Crippen LogP contribution in [0, 0.1) is 10.1 Å². The van der Waals surface area contributed by atoms with Crippen LogP contribution in [-0.4, -0.2) is 41.5 Å². The van der Waals surface area contributed by atoms with Crippen LogP contribution in [0.25, 0.3) is 0 Å². The third-order valence-corrected chi connectivity index (χ3v) is 2.86. The molecule has 1 saturated heterocycles. The molecule has 0 aliphatic carbocycles. The molecule has 0 N–H and O–H groups in total. The summed E-state index contributed by atoms with van der Waals surface area (Å²) in [7, 11) is 0. The summed E-state index contributed by atoms with van der Waals surface area (Å²) < 4.78 is 5.34. The van der Waals surface area contributed by atoms with Crippen LogP contribution in [-0.2, 0) is 4.74 Å². The zero-order chi connectivity index (χ0) is 13.1. The molecule has 0 radical (unpaired) electrons. The Bertz CT molecular complexity index is 475. The first kappa shape index (κ1) is 12.5. The summed E-state index contributed by atoms with van der Waals surface area (Å²) in [5.41, 5.74) is -0.0155. The Balaban J connectivity index is 2.25. The van der Waals surface area contributed by atoms with Crippen molar-refractivity contribution in [2.24, 2.45) is 0 Å². The zero-order valence-corrected chi connectivity index (χ0v) is 10.0. The van der Waals surface area contributed by atoms with Crippen LogP contribution < -0.4 is 0 Å². The summed E-state index contributed by atoms with van der Waals surface area (Å²) in [5, 5.41) is 10.9. The predicted octanol–water partition coefficient (Wildman–Crippen LogP) is 1.46. The minimum Gasteiger partial charge on any atom is -0.375 e. The molecule has 96 valence electrons. The van der Waals surface area contributed by atoms with Gasteiger partial charge in [0, 0.05) is 19.2 Å². The summed E-state index contributed by atoms with van der Waals surface area (Å²) in [6.07, 6.45) is -0.0366. The van der Waals surface area contributed by atoms with Gasteiger partial charge in [-0.3, -0.25) is 14.9 Å². The molecule has 1 aromatic carbocycles. The van der Waals surface area contributed by atoms with E-state index in [1.54, 1.807) is 17.0 Å². The van der Waals surface area contributed by atoms with Crippen LogP contribution in [0.15, 0.2) is 24.3 Å². The maximum Gasteiger partial charge on any atom is 0.282 e. The van der Waals surface area contributed by atoms with Crippen LogP contribution in [0.1, 0.15) is 17.3 Å². The fourth-order valence-corrected chi connectivity index (χ4v) is 1.99. The van der Waals surface area contributed by atoms with Gasteiger partial charge < -0.3 is 9.64 Å². The number of morpholine rings is 1. The molecule has 1 aliphatic rings. The van der Waals surface area contributed by atoms with E-state index in [0.717, 1.165) is 0 Å². The second kappa shape index (κ2) is 5.14. The molecule has 0 aromatic heterocycles. The first-order chi connectivity index (χ1) is 8.59. The fraction of sp³-hybridized carbons (Fsp3) is 0.417. The van der Waals surface area contributed by atoms with Gasteiger partial charge in [0.25, 0.3) is 11.6 Å². The third-order valence-electron chi connectivity index (χ3n) is 2.86. The number of nitro groups is 1. The number of carbonyl (C=O) groups excluding carboxylic acids is 1. The van der Waals surface area contributed by atoms with Gasteiger partial charge >= 0.3 is 0 Å². The SMILES string of the molecule is CC1CN(C(=O)c2ccccc2[N+](=O)[O-])CCO1. The van der Waals surface area contributed by atoms with Crippen LogP contribution in [0.4, 0.5) is 5.69 Å². The highest BCUT2D eigenvalue weighted by Gasteiger charge is 2.27. The molecular weight excluding hydrogens is 236 g/mol. The number of benzene rings is 1. The second-order valence-corrected chi connectivity index (χ2v) is 4.21. The molecule has 1 atom stereocenters. The van der Waals surface area contributed by atoms with Gasteiger partial charge in [-0.1, -0.05) is 12.1 Å². The van der Waals surface area contributed by atoms with Crippen molar-refractivity contribution in [3.05, 3.63) is 39.9 Å². The Morgan fingerprint density at radius 2 is 2.22 bits per heavy atom. The highest BCUT2D eigenvalue weighted by molar-refractivity contribution is 5.98. The van der Waals surface area contributed by atoms with Gasteiger partial charge in [-0.15, -0.1) is 0 Å². The van der Waals surface area contributed by atoms with Crippen LogP contribution >= 0.6 is 0 Å². The van der Waals surface area contributed by atoms with Gasteiger partial charge in [0.05, 0.1) is 17.6 Å². The Labute approximate surface area is 104 Å². The van der Waals surface area contributed by atoms with Gasteiger partial charge in [0.15, 0.2) is 0 Å². The molecule has 1 aliphatic heterocycles. The lowest BCUT2D eigenvalue weighted by atomic mass is 10.1. The van der Waals surface area contributed by atoms with Gasteiger partial charge in [0.1, 0.15) is 5.56 Å². The smallest absolute Gasteiger partial charge is 0.282 e. The molecule has 2 rings (SSSR count). The molecule has 1 amide bonds. The molecule has 0 spiro atoms. The third kappa shape index (κ3) is 2.48. The number of carbonyl (C=O) groups is 1. The standard InChI is InChI=1S/C12H14N2O4/c1-9-8-13(6-7-18-9)12(15)10-4-2-3-5-11(10)14(16)17/h2-5,9H,6-8H2,1H3. The first-order valence-electron chi connectivity index (χ1n) is 5.74. The molecule has 0 bridgehead atoms. The fourth-order valence-electron chi connectivity index (χ4n) is 1.99. The highest BCUT2D eigenvalue weighted by Crippen LogP contribution is 2.20. The van der Waals surface area contributed by atoms with E-state index in [0.29, 0.717) is 19.7 Å². The summed E-state index contributed by atoms with van der Waals surface area (Å²) in [6, 6.07) is 6.01. The lowest BCUT2D eigenvalue weighted by Gasteiger charge is -2.31. The lowest BCUT2D eigenvalue weighted by molar-refractivity contribution is -0.385. The number of hydrogen-bond donors (Lipinski definition) is 0. The van der Waals surface area contributed by atoms with Crippen molar-refractivity contribution in [1.29, 1.82) is 0 Å². The minimum atomic E-state index is -0.531. The van der Waals surface area contributed by atoms with Crippen molar-refractivity contribution in [3.8, 4) is 0 Å². The lowest BCUT2D eigenvalue weighted by Crippen LogP contribution is -2.44. The van der Waals surface area contributed by atoms with E-state index in [-0.39, 0.29) is 23.3 Å². The monoisotopic (exact) mass is 250 g/mol. The molecule has 1 heterocycles. The molecule has 1 unspecified atom stereocenters. The topological polar surface area (TPSA) is 72.7 Å². The number of hydrogen-bond acceptors (Lipinski definition) is 4. The molecule has 1 aromatic rings.